The van der Waals surface area contributed by atoms with E-state index in [1.54, 1.807) is 62.6 Å². The molecule has 0 amide bonds. The fourth-order valence-corrected chi connectivity index (χ4v) is 3.20. The topological polar surface area (TPSA) is 76.0 Å². The summed E-state index contributed by atoms with van der Waals surface area (Å²) in [7, 11) is 1.57. The van der Waals surface area contributed by atoms with E-state index in [-0.39, 0.29) is 17.9 Å². The molecular weight excluding hydrogens is 368 g/mol. The highest BCUT2D eigenvalue weighted by atomic mass is 35.5. The largest absolute Gasteiger partial charge is 0.507 e. The van der Waals surface area contributed by atoms with Crippen LogP contribution < -0.4 is 4.74 Å². The fraction of sp³-hybridized carbons (Fsp3) is 0.190. The van der Waals surface area contributed by atoms with Gasteiger partial charge in [0.15, 0.2) is 6.10 Å². The Bertz CT molecular complexity index is 982. The molecule has 1 unspecified atom stereocenters. The van der Waals surface area contributed by atoms with Crippen molar-refractivity contribution >= 4 is 28.3 Å². The Kier molecular flexibility index (Phi) is 5.54. The first-order chi connectivity index (χ1) is 12.9. The highest BCUT2D eigenvalue weighted by molar-refractivity contribution is 6.31. The fourth-order valence-electron chi connectivity index (χ4n) is 3.02. The van der Waals surface area contributed by atoms with Crippen LogP contribution in [0.3, 0.4) is 0 Å². The molecule has 0 saturated carbocycles. The van der Waals surface area contributed by atoms with Gasteiger partial charge in [-0.15, -0.1) is 0 Å². The predicted molar refractivity (Wildman–Crippen MR) is 104 cm³/mol. The molecule has 0 aromatic heterocycles. The summed E-state index contributed by atoms with van der Waals surface area (Å²) in [6.07, 6.45) is -1.30. The van der Waals surface area contributed by atoms with Crippen LogP contribution in [0.25, 0.3) is 10.8 Å². The molecule has 6 heteroatoms. The van der Waals surface area contributed by atoms with Crippen molar-refractivity contribution in [1.82, 2.24) is 0 Å². The van der Waals surface area contributed by atoms with E-state index < -0.39 is 12.1 Å². The Morgan fingerprint density at radius 3 is 2.48 bits per heavy atom. The molecule has 0 radical (unpaired) electrons. The van der Waals surface area contributed by atoms with Gasteiger partial charge in [0.1, 0.15) is 11.5 Å². The average molecular weight is 387 g/mol. The van der Waals surface area contributed by atoms with Crippen molar-refractivity contribution < 1.29 is 24.5 Å². The number of hydrogen-bond acceptors (Lipinski definition) is 4. The summed E-state index contributed by atoms with van der Waals surface area (Å²) in [6.45, 7) is 1.82. The summed E-state index contributed by atoms with van der Waals surface area (Å²) in [5, 5.41) is 22.2. The molecular formula is C21H19ClO5. The molecule has 0 aliphatic rings. The molecule has 0 saturated heterocycles. The van der Waals surface area contributed by atoms with Gasteiger partial charge in [0.25, 0.3) is 0 Å². The Labute approximate surface area is 161 Å². The minimum atomic E-state index is -1.30. The summed E-state index contributed by atoms with van der Waals surface area (Å²) in [4.78, 5) is 11.8. The third kappa shape index (κ3) is 3.99. The highest BCUT2D eigenvalue weighted by Crippen LogP contribution is 2.38. The van der Waals surface area contributed by atoms with E-state index >= 15 is 0 Å². The molecule has 0 bridgehead atoms. The van der Waals surface area contributed by atoms with Crippen molar-refractivity contribution in [2.45, 2.75) is 19.6 Å². The van der Waals surface area contributed by atoms with Crippen LogP contribution in [-0.2, 0) is 16.1 Å². The van der Waals surface area contributed by atoms with Gasteiger partial charge in [-0.1, -0.05) is 29.8 Å². The Morgan fingerprint density at radius 2 is 1.85 bits per heavy atom. The second kappa shape index (κ2) is 7.86. The third-order valence-electron chi connectivity index (χ3n) is 4.38. The number of phenolic OH excluding ortho intramolecular Hbond substituents is 1. The summed E-state index contributed by atoms with van der Waals surface area (Å²) in [5.74, 6) is -0.575. The normalized spacial score (nSPS) is 12.1. The monoisotopic (exact) mass is 386 g/mol. The van der Waals surface area contributed by atoms with Crippen LogP contribution in [0.5, 0.6) is 11.5 Å². The lowest BCUT2D eigenvalue weighted by Gasteiger charge is -2.19. The van der Waals surface area contributed by atoms with Gasteiger partial charge in [-0.05, 0) is 53.8 Å². The standard InChI is InChI=1S/C21H19ClO5/c1-12-9-14-10-15(22)5-8-17(14)19(23)18(12)20(21(24)25)27-11-13-3-6-16(26-2)7-4-13/h3-10,20,23H,11H2,1-2H3,(H,24,25). The summed E-state index contributed by atoms with van der Waals surface area (Å²) in [6, 6.07) is 14.0. The maximum absolute atomic E-state index is 11.8. The second-order valence-electron chi connectivity index (χ2n) is 6.20. The number of rotatable bonds is 6. The number of methoxy groups -OCH3 is 1. The number of phenols is 1. The zero-order valence-electron chi connectivity index (χ0n) is 14.9. The number of benzene rings is 3. The molecule has 0 heterocycles. The molecule has 3 aromatic carbocycles. The SMILES string of the molecule is COc1ccc(COC(C(=O)O)c2c(C)cc3cc(Cl)ccc3c2O)cc1. The Hall–Kier alpha value is -2.76. The smallest absolute Gasteiger partial charge is 0.337 e. The molecule has 3 aromatic rings. The average Bonchev–Trinajstić information content (AvgIpc) is 2.64. The van der Waals surface area contributed by atoms with Gasteiger partial charge in [-0.2, -0.15) is 0 Å². The number of carbonyl (C=O) groups is 1. The Morgan fingerprint density at radius 1 is 1.15 bits per heavy atom. The zero-order valence-corrected chi connectivity index (χ0v) is 15.7. The molecule has 3 rings (SSSR count). The number of ether oxygens (including phenoxy) is 2. The summed E-state index contributed by atoms with van der Waals surface area (Å²) < 4.78 is 10.8. The first-order valence-corrected chi connectivity index (χ1v) is 8.67. The van der Waals surface area contributed by atoms with Gasteiger partial charge in [-0.25, -0.2) is 4.79 Å². The molecule has 2 N–H and O–H groups in total. The molecule has 5 nitrogen and oxygen atoms in total. The summed E-state index contributed by atoms with van der Waals surface area (Å²) >= 11 is 6.01. The summed E-state index contributed by atoms with van der Waals surface area (Å²) in [5.41, 5.74) is 1.65. The van der Waals surface area contributed by atoms with E-state index in [0.717, 1.165) is 10.9 Å². The number of fused-ring (bicyclic) bond motifs is 1. The van der Waals surface area contributed by atoms with Crippen LogP contribution in [0.2, 0.25) is 5.02 Å². The molecule has 1 atom stereocenters. The van der Waals surface area contributed by atoms with Crippen molar-refractivity contribution in [3.63, 3.8) is 0 Å². The predicted octanol–water partition coefficient (Wildman–Crippen LogP) is 4.86. The van der Waals surface area contributed by atoms with E-state index in [9.17, 15) is 15.0 Å². The van der Waals surface area contributed by atoms with Crippen LogP contribution in [0.15, 0.2) is 48.5 Å². The van der Waals surface area contributed by atoms with Crippen LogP contribution in [0, 0.1) is 6.92 Å². The van der Waals surface area contributed by atoms with Crippen molar-refractivity contribution in [1.29, 1.82) is 0 Å². The van der Waals surface area contributed by atoms with Gasteiger partial charge in [-0.3, -0.25) is 0 Å². The number of carboxylic acids is 1. The first-order valence-electron chi connectivity index (χ1n) is 8.29. The number of hydrogen-bond donors (Lipinski definition) is 2. The maximum atomic E-state index is 11.8. The van der Waals surface area contributed by atoms with E-state index in [2.05, 4.69) is 0 Å². The molecule has 0 aliphatic carbocycles. The third-order valence-corrected chi connectivity index (χ3v) is 4.62. The minimum Gasteiger partial charge on any atom is -0.507 e. The number of halogens is 1. The van der Waals surface area contributed by atoms with Gasteiger partial charge >= 0.3 is 5.97 Å². The number of aromatic hydroxyl groups is 1. The molecule has 0 aliphatic heterocycles. The van der Waals surface area contributed by atoms with Gasteiger partial charge in [0.05, 0.1) is 13.7 Å². The number of carboxylic acid groups (broad SMARTS) is 1. The number of aryl methyl sites for hydroxylation is 1. The zero-order chi connectivity index (χ0) is 19.6. The van der Waals surface area contributed by atoms with Crippen molar-refractivity contribution in [2.24, 2.45) is 0 Å². The minimum absolute atomic E-state index is 0.0818. The second-order valence-corrected chi connectivity index (χ2v) is 6.63. The van der Waals surface area contributed by atoms with Gasteiger partial charge in [0.2, 0.25) is 0 Å². The van der Waals surface area contributed by atoms with Crippen LogP contribution in [0.1, 0.15) is 22.8 Å². The van der Waals surface area contributed by atoms with Gasteiger partial charge < -0.3 is 19.7 Å². The van der Waals surface area contributed by atoms with E-state index in [0.29, 0.717) is 21.7 Å². The van der Waals surface area contributed by atoms with Crippen molar-refractivity contribution in [3.05, 3.63) is 70.2 Å². The van der Waals surface area contributed by atoms with Gasteiger partial charge in [0, 0.05) is 16.0 Å². The van der Waals surface area contributed by atoms with E-state index in [4.69, 9.17) is 21.1 Å². The van der Waals surface area contributed by atoms with Crippen molar-refractivity contribution in [3.8, 4) is 11.5 Å². The quantitative estimate of drug-likeness (QED) is 0.632. The van der Waals surface area contributed by atoms with E-state index in [1.165, 1.54) is 0 Å². The van der Waals surface area contributed by atoms with E-state index in [1.807, 2.05) is 0 Å². The first kappa shape index (κ1) is 19.0. The molecule has 140 valence electrons. The lowest BCUT2D eigenvalue weighted by atomic mass is 9.96. The molecule has 27 heavy (non-hydrogen) atoms. The lowest BCUT2D eigenvalue weighted by Crippen LogP contribution is -2.17. The Balaban J connectivity index is 1.94. The molecule has 0 spiro atoms. The maximum Gasteiger partial charge on any atom is 0.337 e. The van der Waals surface area contributed by atoms with Crippen LogP contribution >= 0.6 is 11.6 Å². The van der Waals surface area contributed by atoms with Crippen LogP contribution in [0.4, 0.5) is 0 Å². The number of aliphatic carboxylic acids is 1. The lowest BCUT2D eigenvalue weighted by molar-refractivity contribution is -0.152. The van der Waals surface area contributed by atoms with Crippen molar-refractivity contribution in [2.75, 3.05) is 7.11 Å². The highest BCUT2D eigenvalue weighted by Gasteiger charge is 2.27. The van der Waals surface area contributed by atoms with Crippen LogP contribution in [-0.4, -0.2) is 23.3 Å². The molecule has 0 fully saturated rings.